The van der Waals surface area contributed by atoms with Gasteiger partial charge in [0.15, 0.2) is 0 Å². The summed E-state index contributed by atoms with van der Waals surface area (Å²) in [6.07, 6.45) is 8.22. The first-order chi connectivity index (χ1) is 21.1. The van der Waals surface area contributed by atoms with E-state index in [0.717, 1.165) is 48.2 Å². The number of benzodiazepines with no additional fused rings is 1. The third-order valence-corrected chi connectivity index (χ3v) is 7.76. The van der Waals surface area contributed by atoms with E-state index in [1.807, 2.05) is 30.3 Å². The van der Waals surface area contributed by atoms with Gasteiger partial charge in [-0.1, -0.05) is 56.0 Å². The highest BCUT2D eigenvalue weighted by molar-refractivity contribution is 6.14. The van der Waals surface area contributed by atoms with E-state index < -0.39 is 23.9 Å². The van der Waals surface area contributed by atoms with Crippen LogP contribution in [0.1, 0.15) is 70.4 Å². The minimum absolute atomic E-state index is 0.152. The molecule has 4 amide bonds. The number of nitrogens with zero attached hydrogens (tertiary/aromatic N) is 4. The van der Waals surface area contributed by atoms with E-state index in [-0.39, 0.29) is 18.4 Å². The number of fused-ring (bicyclic) bond motifs is 1. The number of H-pyrrole nitrogens is 1. The quantitative estimate of drug-likeness (QED) is 0.289. The van der Waals surface area contributed by atoms with Crippen LogP contribution in [0.4, 0.5) is 26.9 Å². The summed E-state index contributed by atoms with van der Waals surface area (Å²) >= 11 is 0. The van der Waals surface area contributed by atoms with Crippen LogP contribution in [-0.4, -0.2) is 52.5 Å². The Bertz CT molecular complexity index is 1500. The molecule has 2 aliphatic rings. The average Bonchev–Trinajstić information content (AvgIpc) is 3.34. The van der Waals surface area contributed by atoms with Gasteiger partial charge in [-0.15, -0.1) is 0 Å². The monoisotopic (exact) mass is 599 g/mol. The Morgan fingerprint density at radius 2 is 1.82 bits per heavy atom. The normalized spacial score (nSPS) is 17.5. The molecule has 0 radical (unpaired) electrons. The van der Waals surface area contributed by atoms with Crippen molar-refractivity contribution in [3.8, 4) is 0 Å². The second kappa shape index (κ2) is 13.3. The van der Waals surface area contributed by atoms with Gasteiger partial charge in [0.2, 0.25) is 12.1 Å². The zero-order chi connectivity index (χ0) is 31.3. The Morgan fingerprint density at radius 3 is 2.52 bits per heavy atom. The third-order valence-electron chi connectivity index (χ3n) is 7.76. The number of aromatic nitrogens is 2. The maximum absolute atomic E-state index is 13.6. The molecule has 1 aromatic heterocycles. The molecule has 1 atom stereocenters. The summed E-state index contributed by atoms with van der Waals surface area (Å²) in [5.74, 6) is 0.259. The van der Waals surface area contributed by atoms with Crippen LogP contribution in [0.25, 0.3) is 0 Å². The van der Waals surface area contributed by atoms with Crippen LogP contribution in [-0.2, 0) is 16.1 Å². The first kappa shape index (κ1) is 30.8. The van der Waals surface area contributed by atoms with Gasteiger partial charge in [-0.2, -0.15) is 0 Å². The molecule has 11 heteroatoms. The number of anilines is 3. The molecule has 1 fully saturated rings. The second-order valence-electron chi connectivity index (χ2n) is 12.3. The number of hydrogen-bond donors (Lipinski definition) is 3. The van der Waals surface area contributed by atoms with Crippen molar-refractivity contribution in [3.63, 3.8) is 0 Å². The fourth-order valence-electron chi connectivity index (χ4n) is 5.69. The fourth-order valence-corrected chi connectivity index (χ4v) is 5.69. The van der Waals surface area contributed by atoms with Gasteiger partial charge in [-0.25, -0.2) is 19.5 Å². The molecule has 1 aliphatic heterocycles. The zero-order valence-corrected chi connectivity index (χ0v) is 25.8. The number of para-hydroxylation sites is 1. The molecule has 1 saturated carbocycles. The molecule has 2 aromatic carbocycles. The number of benzene rings is 2. The number of rotatable bonds is 6. The van der Waals surface area contributed by atoms with Crippen molar-refractivity contribution in [1.29, 1.82) is 0 Å². The second-order valence-corrected chi connectivity index (χ2v) is 12.3. The van der Waals surface area contributed by atoms with Crippen molar-refractivity contribution < 1.29 is 19.1 Å². The minimum atomic E-state index is -1.07. The number of likely N-dealkylation sites (N-methyl/N-ethyl adjacent to an activating group) is 1. The number of aromatic amines is 1. The lowest BCUT2D eigenvalue weighted by Gasteiger charge is -2.26. The molecule has 1 aliphatic carbocycles. The summed E-state index contributed by atoms with van der Waals surface area (Å²) in [6, 6.07) is 14.4. The van der Waals surface area contributed by atoms with Gasteiger partial charge >= 0.3 is 12.1 Å². The highest BCUT2D eigenvalue weighted by Gasteiger charge is 2.33. The standard InChI is InChI=1S/C33H41N7O4/c1-33(2,3)44-32(43)40(30-34-18-19-35-30)21-22-12-11-15-24(20-22)36-31(42)38-28-29(41)39(4)26-17-10-9-16-25(26)27(37-28)23-13-7-5-6-8-14-23/h9-12,15-20,23,28H,5-8,13-14,21H2,1-4H3,(H,34,35)(H2,36,38,42)/t28-/m0/s1. The number of ether oxygens (including phenoxy) is 1. The molecule has 5 rings (SSSR count). The molecular formula is C33H41N7O4. The lowest BCUT2D eigenvalue weighted by Crippen LogP contribution is -2.47. The maximum atomic E-state index is 13.6. The highest BCUT2D eigenvalue weighted by atomic mass is 16.6. The van der Waals surface area contributed by atoms with Gasteiger partial charge in [-0.05, 0) is 57.4 Å². The molecule has 0 bridgehead atoms. The van der Waals surface area contributed by atoms with Crippen molar-refractivity contribution in [3.05, 3.63) is 72.1 Å². The molecule has 0 unspecified atom stereocenters. The van der Waals surface area contributed by atoms with Crippen LogP contribution in [0.2, 0.25) is 0 Å². The first-order valence-electron chi connectivity index (χ1n) is 15.2. The van der Waals surface area contributed by atoms with Crippen LogP contribution in [0, 0.1) is 5.92 Å². The number of carbonyl (C=O) groups is 3. The van der Waals surface area contributed by atoms with Crippen LogP contribution in [0.15, 0.2) is 65.9 Å². The van der Waals surface area contributed by atoms with Crippen LogP contribution >= 0.6 is 0 Å². The summed E-state index contributed by atoms with van der Waals surface area (Å²) in [4.78, 5) is 54.9. The Balaban J connectivity index is 1.33. The topological polar surface area (TPSA) is 132 Å². The fraction of sp³-hybridized carbons (Fsp3) is 0.424. The Morgan fingerprint density at radius 1 is 1.07 bits per heavy atom. The molecule has 0 saturated heterocycles. The molecule has 44 heavy (non-hydrogen) atoms. The van der Waals surface area contributed by atoms with E-state index in [9.17, 15) is 14.4 Å². The zero-order valence-electron chi connectivity index (χ0n) is 25.8. The van der Waals surface area contributed by atoms with Gasteiger partial charge < -0.3 is 25.3 Å². The van der Waals surface area contributed by atoms with Crippen molar-refractivity contribution in [1.82, 2.24) is 15.3 Å². The molecular weight excluding hydrogens is 558 g/mol. The average molecular weight is 600 g/mol. The summed E-state index contributed by atoms with van der Waals surface area (Å²) in [6.45, 7) is 5.55. The summed E-state index contributed by atoms with van der Waals surface area (Å²) < 4.78 is 5.59. The van der Waals surface area contributed by atoms with E-state index in [1.165, 1.54) is 17.7 Å². The van der Waals surface area contributed by atoms with Crippen molar-refractivity contribution in [2.75, 3.05) is 22.2 Å². The number of aliphatic imine (C=N–C) groups is 1. The molecule has 2 heterocycles. The molecule has 0 spiro atoms. The highest BCUT2D eigenvalue weighted by Crippen LogP contribution is 2.33. The molecule has 3 aromatic rings. The van der Waals surface area contributed by atoms with E-state index in [2.05, 4.69) is 20.6 Å². The van der Waals surface area contributed by atoms with Crippen LogP contribution in [0.5, 0.6) is 0 Å². The Hall–Kier alpha value is -4.67. The number of imidazole rings is 1. The van der Waals surface area contributed by atoms with Crippen molar-refractivity contribution in [2.45, 2.75) is 77.6 Å². The number of hydrogen-bond acceptors (Lipinski definition) is 6. The van der Waals surface area contributed by atoms with E-state index >= 15 is 0 Å². The molecule has 3 N–H and O–H groups in total. The lowest BCUT2D eigenvalue weighted by atomic mass is 9.89. The maximum Gasteiger partial charge on any atom is 0.417 e. The van der Waals surface area contributed by atoms with Gasteiger partial charge in [0.25, 0.3) is 5.91 Å². The molecule has 232 valence electrons. The van der Waals surface area contributed by atoms with Crippen LogP contribution < -0.4 is 20.4 Å². The van der Waals surface area contributed by atoms with E-state index in [1.54, 1.807) is 63.3 Å². The summed E-state index contributed by atoms with van der Waals surface area (Å²) in [5, 5.41) is 5.64. The SMILES string of the molecule is CN1C(=O)[C@H](NC(=O)Nc2cccc(CN(C(=O)OC(C)(C)C)c3ncc[nH]3)c2)N=C(C2CCCCCC2)c2ccccc21. The van der Waals surface area contributed by atoms with Crippen LogP contribution in [0.3, 0.4) is 0 Å². The predicted molar refractivity (Wildman–Crippen MR) is 171 cm³/mol. The largest absolute Gasteiger partial charge is 0.443 e. The molecule has 11 nitrogen and oxygen atoms in total. The lowest BCUT2D eigenvalue weighted by molar-refractivity contribution is -0.119. The number of carbonyl (C=O) groups excluding carboxylic acids is 3. The number of urea groups is 1. The van der Waals surface area contributed by atoms with Gasteiger partial charge in [-0.3, -0.25) is 9.79 Å². The number of amides is 4. The smallest absolute Gasteiger partial charge is 0.417 e. The van der Waals surface area contributed by atoms with Crippen molar-refractivity contribution in [2.24, 2.45) is 10.9 Å². The predicted octanol–water partition coefficient (Wildman–Crippen LogP) is 6.24. The Kier molecular flexibility index (Phi) is 9.32. The number of nitrogens with one attached hydrogen (secondary N) is 3. The first-order valence-corrected chi connectivity index (χ1v) is 15.2. The van der Waals surface area contributed by atoms with E-state index in [4.69, 9.17) is 9.73 Å². The van der Waals surface area contributed by atoms with Crippen molar-refractivity contribution >= 4 is 41.1 Å². The summed E-state index contributed by atoms with van der Waals surface area (Å²) in [5.41, 5.74) is 3.16. The van der Waals surface area contributed by atoms with Gasteiger partial charge in [0, 0.05) is 36.6 Å². The third kappa shape index (κ3) is 7.45. The van der Waals surface area contributed by atoms with Gasteiger partial charge in [0.1, 0.15) is 5.60 Å². The van der Waals surface area contributed by atoms with E-state index in [0.29, 0.717) is 11.6 Å². The summed E-state index contributed by atoms with van der Waals surface area (Å²) in [7, 11) is 1.72. The van der Waals surface area contributed by atoms with Gasteiger partial charge in [0.05, 0.1) is 17.9 Å². The minimum Gasteiger partial charge on any atom is -0.443 e. The Labute approximate surface area is 258 Å².